The molecule has 0 bridgehead atoms. The maximum atomic E-state index is 13.7. The summed E-state index contributed by atoms with van der Waals surface area (Å²) in [4.78, 5) is 25.5. The van der Waals surface area contributed by atoms with Crippen LogP contribution in [0.4, 0.5) is 9.18 Å². The molecule has 124 valence electrons. The van der Waals surface area contributed by atoms with Crippen LogP contribution >= 0.6 is 0 Å². The van der Waals surface area contributed by atoms with Crippen LogP contribution in [0.25, 0.3) is 0 Å². The summed E-state index contributed by atoms with van der Waals surface area (Å²) in [6, 6.07) is 4.91. The molecule has 1 N–H and O–H groups in total. The third-order valence-corrected chi connectivity index (χ3v) is 4.86. The number of hydrogen-bond acceptors (Lipinski definition) is 4. The van der Waals surface area contributed by atoms with Gasteiger partial charge in [0, 0.05) is 30.5 Å². The molecule has 3 rings (SSSR count). The van der Waals surface area contributed by atoms with Crippen molar-refractivity contribution in [3.8, 4) is 0 Å². The highest BCUT2D eigenvalue weighted by Crippen LogP contribution is 2.31. The molecule has 1 aliphatic heterocycles. The summed E-state index contributed by atoms with van der Waals surface area (Å²) in [5.41, 5.74) is 1.38. The molecule has 0 spiro atoms. The van der Waals surface area contributed by atoms with E-state index in [0.717, 1.165) is 5.56 Å². The molecule has 1 fully saturated rings. The molecule has 1 aromatic rings. The fraction of sp³-hybridized carbons (Fsp3) is 0.529. The Morgan fingerprint density at radius 2 is 2.09 bits per heavy atom. The van der Waals surface area contributed by atoms with Crippen LogP contribution in [0, 0.1) is 11.7 Å². The zero-order chi connectivity index (χ0) is 16.6. The molecule has 5 nitrogen and oxygen atoms in total. The third-order valence-electron chi connectivity index (χ3n) is 4.86. The van der Waals surface area contributed by atoms with Gasteiger partial charge >= 0.3 is 6.09 Å². The molecular weight excluding hydrogens is 299 g/mol. The molecule has 1 saturated carbocycles. The Labute approximate surface area is 134 Å². The number of nitrogens with one attached hydrogen (secondary N) is 1. The van der Waals surface area contributed by atoms with E-state index >= 15 is 0 Å². The van der Waals surface area contributed by atoms with Crippen LogP contribution in [0.15, 0.2) is 18.2 Å². The predicted molar refractivity (Wildman–Crippen MR) is 82.2 cm³/mol. The van der Waals surface area contributed by atoms with Gasteiger partial charge in [0.05, 0.1) is 6.54 Å². The minimum atomic E-state index is -0.440. The quantitative estimate of drug-likeness (QED) is 0.928. The molecule has 1 aromatic carbocycles. The molecule has 0 saturated heterocycles. The van der Waals surface area contributed by atoms with Crippen molar-refractivity contribution in [3.05, 3.63) is 35.1 Å². The molecule has 3 unspecified atom stereocenters. The minimum Gasteiger partial charge on any atom is -0.446 e. The van der Waals surface area contributed by atoms with E-state index < -0.39 is 6.09 Å². The monoisotopic (exact) mass is 320 g/mol. The van der Waals surface area contributed by atoms with Gasteiger partial charge in [-0.15, -0.1) is 0 Å². The van der Waals surface area contributed by atoms with Crippen LogP contribution in [-0.4, -0.2) is 36.0 Å². The second-order valence-electron chi connectivity index (χ2n) is 6.32. The van der Waals surface area contributed by atoms with E-state index in [-0.39, 0.29) is 36.2 Å². The Morgan fingerprint density at radius 1 is 1.30 bits per heavy atom. The smallest absolute Gasteiger partial charge is 0.410 e. The van der Waals surface area contributed by atoms with Crippen LogP contribution in [0.3, 0.4) is 0 Å². The lowest BCUT2D eigenvalue weighted by Gasteiger charge is -2.19. The Kier molecular flexibility index (Phi) is 4.35. The average molecular weight is 320 g/mol. The highest BCUT2D eigenvalue weighted by molar-refractivity contribution is 5.79. The topological polar surface area (TPSA) is 58.6 Å². The number of nitrogens with zero attached hydrogens (tertiary/aromatic N) is 1. The van der Waals surface area contributed by atoms with Gasteiger partial charge in [-0.3, -0.25) is 9.69 Å². The van der Waals surface area contributed by atoms with Gasteiger partial charge in [-0.25, -0.2) is 9.18 Å². The number of carbonyl (C=O) groups excluding carboxylic acids is 2. The van der Waals surface area contributed by atoms with E-state index in [0.29, 0.717) is 24.9 Å². The van der Waals surface area contributed by atoms with Crippen molar-refractivity contribution >= 4 is 11.9 Å². The normalized spacial score (nSPS) is 26.2. The number of fused-ring (bicyclic) bond motifs is 1. The number of hydrogen-bond donors (Lipinski definition) is 1. The van der Waals surface area contributed by atoms with Crippen LogP contribution in [0.2, 0.25) is 0 Å². The SMILES string of the molecule is CNC1CC(OC(=O)N2Cc3cccc(F)c3C2)CC1C(C)=O. The van der Waals surface area contributed by atoms with Crippen molar-refractivity contribution < 1.29 is 18.7 Å². The van der Waals surface area contributed by atoms with E-state index in [4.69, 9.17) is 4.74 Å². The zero-order valence-corrected chi connectivity index (χ0v) is 13.3. The molecule has 0 aromatic heterocycles. The van der Waals surface area contributed by atoms with Crippen molar-refractivity contribution in [2.24, 2.45) is 5.92 Å². The van der Waals surface area contributed by atoms with Gasteiger partial charge in [0.2, 0.25) is 0 Å². The molecule has 1 aliphatic carbocycles. The first-order valence-corrected chi connectivity index (χ1v) is 7.89. The third kappa shape index (κ3) is 3.08. The Morgan fingerprint density at radius 3 is 2.70 bits per heavy atom. The first-order chi connectivity index (χ1) is 11.0. The lowest BCUT2D eigenvalue weighted by Crippen LogP contribution is -2.33. The summed E-state index contributed by atoms with van der Waals surface area (Å²) in [5.74, 6) is -0.296. The molecule has 0 radical (unpaired) electrons. The van der Waals surface area contributed by atoms with Crippen molar-refractivity contribution in [2.75, 3.05) is 7.05 Å². The number of ketones is 1. The number of benzene rings is 1. The van der Waals surface area contributed by atoms with Gasteiger partial charge in [0.25, 0.3) is 0 Å². The number of ether oxygens (including phenoxy) is 1. The largest absolute Gasteiger partial charge is 0.446 e. The molecule has 1 amide bonds. The van der Waals surface area contributed by atoms with E-state index in [1.165, 1.54) is 11.0 Å². The summed E-state index contributed by atoms with van der Waals surface area (Å²) in [5, 5.41) is 3.11. The Balaban J connectivity index is 1.61. The summed E-state index contributed by atoms with van der Waals surface area (Å²) >= 11 is 0. The average Bonchev–Trinajstić information content (AvgIpc) is 3.11. The highest BCUT2D eigenvalue weighted by atomic mass is 19.1. The van der Waals surface area contributed by atoms with Crippen LogP contribution in [0.1, 0.15) is 30.9 Å². The van der Waals surface area contributed by atoms with Crippen molar-refractivity contribution in [1.29, 1.82) is 0 Å². The maximum absolute atomic E-state index is 13.7. The standard InChI is InChI=1S/C17H21FN2O3/c1-10(21)13-6-12(7-16(13)19-2)23-17(22)20-8-11-4-3-5-15(18)14(11)9-20/h3-5,12-13,16,19H,6-9H2,1-2H3. The fourth-order valence-corrected chi connectivity index (χ4v) is 3.58. The summed E-state index contributed by atoms with van der Waals surface area (Å²) in [6.07, 6.45) is 0.454. The maximum Gasteiger partial charge on any atom is 0.410 e. The van der Waals surface area contributed by atoms with Gasteiger partial charge in [-0.2, -0.15) is 0 Å². The summed E-state index contributed by atoms with van der Waals surface area (Å²) < 4.78 is 19.3. The second kappa shape index (κ2) is 6.28. The molecule has 1 heterocycles. The molecule has 2 aliphatic rings. The highest BCUT2D eigenvalue weighted by Gasteiger charge is 2.39. The number of rotatable bonds is 3. The summed E-state index contributed by atoms with van der Waals surface area (Å²) in [7, 11) is 1.81. The Bertz CT molecular complexity index is 634. The van der Waals surface area contributed by atoms with Gasteiger partial charge in [-0.1, -0.05) is 12.1 Å². The summed E-state index contributed by atoms with van der Waals surface area (Å²) in [6.45, 7) is 2.17. The predicted octanol–water partition coefficient (Wildman–Crippen LogP) is 2.23. The second-order valence-corrected chi connectivity index (χ2v) is 6.32. The minimum absolute atomic E-state index is 0.0403. The molecular formula is C17H21FN2O3. The van der Waals surface area contributed by atoms with Crippen LogP contribution < -0.4 is 5.32 Å². The van der Waals surface area contributed by atoms with E-state index in [1.54, 1.807) is 13.0 Å². The first-order valence-electron chi connectivity index (χ1n) is 7.89. The molecule has 6 heteroatoms. The van der Waals surface area contributed by atoms with Crippen molar-refractivity contribution in [2.45, 2.75) is 45.0 Å². The zero-order valence-electron chi connectivity index (χ0n) is 13.3. The van der Waals surface area contributed by atoms with Gasteiger partial charge in [0.15, 0.2) is 0 Å². The number of Topliss-reactive ketones (excluding diaryl/α,β-unsaturated/α-hetero) is 1. The van der Waals surface area contributed by atoms with E-state index in [9.17, 15) is 14.0 Å². The van der Waals surface area contributed by atoms with Gasteiger partial charge < -0.3 is 10.1 Å². The number of carbonyl (C=O) groups is 2. The van der Waals surface area contributed by atoms with E-state index in [2.05, 4.69) is 5.32 Å². The lowest BCUT2D eigenvalue weighted by atomic mass is 10.00. The number of amides is 1. The van der Waals surface area contributed by atoms with Crippen molar-refractivity contribution in [3.63, 3.8) is 0 Å². The first kappa shape index (κ1) is 15.9. The van der Waals surface area contributed by atoms with E-state index in [1.807, 2.05) is 13.1 Å². The van der Waals surface area contributed by atoms with Crippen LogP contribution in [0.5, 0.6) is 0 Å². The fourth-order valence-electron chi connectivity index (χ4n) is 3.58. The van der Waals surface area contributed by atoms with Crippen LogP contribution in [-0.2, 0) is 22.6 Å². The number of halogens is 1. The molecule has 3 atom stereocenters. The van der Waals surface area contributed by atoms with Gasteiger partial charge in [0.1, 0.15) is 17.7 Å². The molecule has 23 heavy (non-hydrogen) atoms. The van der Waals surface area contributed by atoms with Gasteiger partial charge in [-0.05, 0) is 32.0 Å². The Hall–Kier alpha value is -1.95. The van der Waals surface area contributed by atoms with Crippen molar-refractivity contribution in [1.82, 2.24) is 10.2 Å². The lowest BCUT2D eigenvalue weighted by molar-refractivity contribution is -0.121.